The highest BCUT2D eigenvalue weighted by Crippen LogP contribution is 2.40. The SMILES string of the molecule is Cc1ccc(-c2csc(NC(=O)c3cc(C4CC4)nc4onc(C)c34)n2)c(C)c1. The van der Waals surface area contributed by atoms with Crippen molar-refractivity contribution in [3.8, 4) is 11.3 Å². The molecule has 1 aliphatic carbocycles. The summed E-state index contributed by atoms with van der Waals surface area (Å²) in [7, 11) is 0. The van der Waals surface area contributed by atoms with Crippen molar-refractivity contribution in [3.05, 3.63) is 57.7 Å². The number of aromatic nitrogens is 3. The maximum atomic E-state index is 13.1. The molecule has 4 aromatic rings. The third-order valence-corrected chi connectivity index (χ3v) is 6.02. The molecule has 1 amide bonds. The highest BCUT2D eigenvalue weighted by atomic mass is 32.1. The molecule has 0 saturated heterocycles. The number of nitrogens with zero attached hydrogens (tertiary/aromatic N) is 3. The van der Waals surface area contributed by atoms with Crippen LogP contribution < -0.4 is 5.32 Å². The first-order chi connectivity index (χ1) is 14.0. The summed E-state index contributed by atoms with van der Waals surface area (Å²) in [5.74, 6) is 0.194. The normalized spacial score (nSPS) is 13.8. The molecule has 1 saturated carbocycles. The van der Waals surface area contributed by atoms with Crippen LogP contribution in [0.15, 0.2) is 34.2 Å². The third-order valence-electron chi connectivity index (χ3n) is 5.26. The number of hydrogen-bond acceptors (Lipinski definition) is 6. The number of amides is 1. The topological polar surface area (TPSA) is 80.9 Å². The van der Waals surface area contributed by atoms with Crippen molar-refractivity contribution in [2.45, 2.75) is 39.5 Å². The highest BCUT2D eigenvalue weighted by molar-refractivity contribution is 7.14. The van der Waals surface area contributed by atoms with Crippen molar-refractivity contribution < 1.29 is 9.32 Å². The molecule has 0 atom stereocenters. The van der Waals surface area contributed by atoms with Crippen molar-refractivity contribution in [1.82, 2.24) is 15.1 Å². The van der Waals surface area contributed by atoms with Crippen molar-refractivity contribution in [2.24, 2.45) is 0 Å². The summed E-state index contributed by atoms with van der Waals surface area (Å²) in [6, 6.07) is 8.15. The first-order valence-electron chi connectivity index (χ1n) is 9.61. The molecule has 29 heavy (non-hydrogen) atoms. The summed E-state index contributed by atoms with van der Waals surface area (Å²) < 4.78 is 5.34. The van der Waals surface area contributed by atoms with E-state index in [1.165, 1.54) is 16.9 Å². The average molecular weight is 404 g/mol. The van der Waals surface area contributed by atoms with Gasteiger partial charge in [-0.1, -0.05) is 28.9 Å². The summed E-state index contributed by atoms with van der Waals surface area (Å²) in [5, 5.41) is 10.1. The van der Waals surface area contributed by atoms with E-state index in [4.69, 9.17) is 4.52 Å². The molecule has 1 aromatic carbocycles. The second-order valence-electron chi connectivity index (χ2n) is 7.63. The quantitative estimate of drug-likeness (QED) is 0.492. The van der Waals surface area contributed by atoms with E-state index >= 15 is 0 Å². The third kappa shape index (κ3) is 3.31. The predicted molar refractivity (Wildman–Crippen MR) is 113 cm³/mol. The van der Waals surface area contributed by atoms with Gasteiger partial charge in [0.15, 0.2) is 5.13 Å². The summed E-state index contributed by atoms with van der Waals surface area (Å²) in [6.45, 7) is 5.96. The molecule has 1 fully saturated rings. The lowest BCUT2D eigenvalue weighted by Crippen LogP contribution is -2.13. The predicted octanol–water partition coefficient (Wildman–Crippen LogP) is 5.40. The maximum Gasteiger partial charge on any atom is 0.259 e. The van der Waals surface area contributed by atoms with Gasteiger partial charge >= 0.3 is 0 Å². The van der Waals surface area contributed by atoms with Crippen molar-refractivity contribution in [3.63, 3.8) is 0 Å². The van der Waals surface area contributed by atoms with Crippen LogP contribution in [0.5, 0.6) is 0 Å². The van der Waals surface area contributed by atoms with E-state index in [-0.39, 0.29) is 5.91 Å². The molecule has 5 rings (SSSR count). The van der Waals surface area contributed by atoms with Crippen molar-refractivity contribution in [2.75, 3.05) is 5.32 Å². The van der Waals surface area contributed by atoms with Gasteiger partial charge in [-0.2, -0.15) is 0 Å². The molecule has 0 unspecified atom stereocenters. The summed E-state index contributed by atoms with van der Waals surface area (Å²) in [4.78, 5) is 22.3. The highest BCUT2D eigenvalue weighted by Gasteiger charge is 2.28. The number of hydrogen-bond donors (Lipinski definition) is 1. The van der Waals surface area contributed by atoms with Crippen LogP contribution >= 0.6 is 11.3 Å². The standard InChI is InChI=1S/C22H20N4O2S/c1-11-4-7-15(12(2)8-11)18-10-29-22(24-18)25-20(27)16-9-17(14-5-6-14)23-21-19(16)13(3)26-28-21/h4,7-10,14H,5-6H2,1-3H3,(H,24,25,27). The lowest BCUT2D eigenvalue weighted by molar-refractivity contribution is 0.102. The summed E-state index contributed by atoms with van der Waals surface area (Å²) in [6.07, 6.45) is 2.19. The number of fused-ring (bicyclic) bond motifs is 1. The Bertz CT molecular complexity index is 1250. The molecule has 0 bridgehead atoms. The fourth-order valence-corrected chi connectivity index (χ4v) is 4.31. The van der Waals surface area contributed by atoms with Gasteiger partial charge in [-0.05, 0) is 45.2 Å². The molecule has 7 heteroatoms. The van der Waals surface area contributed by atoms with Gasteiger partial charge in [-0.3, -0.25) is 10.1 Å². The van der Waals surface area contributed by atoms with E-state index in [2.05, 4.69) is 52.5 Å². The van der Waals surface area contributed by atoms with E-state index in [1.54, 1.807) is 0 Å². The van der Waals surface area contributed by atoms with Gasteiger partial charge in [-0.25, -0.2) is 9.97 Å². The molecule has 0 radical (unpaired) electrons. The number of pyridine rings is 1. The van der Waals surface area contributed by atoms with Crippen LogP contribution in [0.2, 0.25) is 0 Å². The lowest BCUT2D eigenvalue weighted by atomic mass is 10.0. The molecule has 1 N–H and O–H groups in total. The first-order valence-corrected chi connectivity index (χ1v) is 10.5. The Morgan fingerprint density at radius 3 is 2.76 bits per heavy atom. The van der Waals surface area contributed by atoms with E-state index in [0.29, 0.717) is 33.4 Å². The van der Waals surface area contributed by atoms with E-state index in [1.807, 2.05) is 18.4 Å². The van der Waals surface area contributed by atoms with Gasteiger partial charge in [-0.15, -0.1) is 11.3 Å². The smallest absolute Gasteiger partial charge is 0.259 e. The summed E-state index contributed by atoms with van der Waals surface area (Å²) in [5.41, 5.74) is 6.84. The molecular weight excluding hydrogens is 384 g/mol. The van der Waals surface area contributed by atoms with Crippen LogP contribution in [0.4, 0.5) is 5.13 Å². The Kier molecular flexibility index (Phi) is 4.20. The summed E-state index contributed by atoms with van der Waals surface area (Å²) >= 11 is 1.42. The number of carbonyl (C=O) groups is 1. The van der Waals surface area contributed by atoms with Crippen LogP contribution in [-0.4, -0.2) is 21.0 Å². The van der Waals surface area contributed by atoms with Crippen LogP contribution in [0, 0.1) is 20.8 Å². The minimum absolute atomic E-state index is 0.216. The van der Waals surface area contributed by atoms with Gasteiger partial charge < -0.3 is 4.52 Å². The van der Waals surface area contributed by atoms with E-state index in [9.17, 15) is 4.79 Å². The Balaban J connectivity index is 1.47. The van der Waals surface area contributed by atoms with Crippen molar-refractivity contribution >= 4 is 33.5 Å². The number of nitrogens with one attached hydrogen (secondary N) is 1. The number of carbonyl (C=O) groups excluding carboxylic acids is 1. The van der Waals surface area contributed by atoms with Crippen molar-refractivity contribution in [1.29, 1.82) is 0 Å². The first kappa shape index (κ1) is 18.0. The van der Waals surface area contributed by atoms with E-state index < -0.39 is 0 Å². The minimum atomic E-state index is -0.216. The van der Waals surface area contributed by atoms with Crippen LogP contribution in [0.25, 0.3) is 22.4 Å². The zero-order valence-electron chi connectivity index (χ0n) is 16.4. The zero-order valence-corrected chi connectivity index (χ0v) is 17.3. The Hall–Kier alpha value is -3.06. The molecule has 3 heterocycles. The molecule has 0 spiro atoms. The fourth-order valence-electron chi connectivity index (χ4n) is 3.60. The Morgan fingerprint density at radius 2 is 2.00 bits per heavy atom. The minimum Gasteiger partial charge on any atom is -0.336 e. The average Bonchev–Trinajstić information content (AvgIpc) is 3.34. The van der Waals surface area contributed by atoms with E-state index in [0.717, 1.165) is 35.4 Å². The van der Waals surface area contributed by atoms with Gasteiger partial charge in [0.1, 0.15) is 0 Å². The molecule has 6 nitrogen and oxygen atoms in total. The van der Waals surface area contributed by atoms with Gasteiger partial charge in [0.2, 0.25) is 0 Å². The number of aryl methyl sites for hydroxylation is 3. The molecule has 3 aromatic heterocycles. The Labute approximate surface area is 172 Å². The number of anilines is 1. The second kappa shape index (κ2) is 6.77. The largest absolute Gasteiger partial charge is 0.336 e. The number of rotatable bonds is 4. The Morgan fingerprint density at radius 1 is 1.17 bits per heavy atom. The maximum absolute atomic E-state index is 13.1. The van der Waals surface area contributed by atoms with Crippen LogP contribution in [-0.2, 0) is 0 Å². The monoisotopic (exact) mass is 404 g/mol. The van der Waals surface area contributed by atoms with Gasteiger partial charge in [0.05, 0.1) is 22.3 Å². The molecule has 0 aliphatic heterocycles. The lowest BCUT2D eigenvalue weighted by Gasteiger charge is -2.06. The van der Waals surface area contributed by atoms with Crippen LogP contribution in [0.3, 0.4) is 0 Å². The zero-order chi connectivity index (χ0) is 20.1. The fraction of sp³-hybridized carbons (Fsp3) is 0.273. The van der Waals surface area contributed by atoms with Gasteiger partial charge in [0, 0.05) is 22.6 Å². The molecular formula is C22H20N4O2S. The van der Waals surface area contributed by atoms with Crippen LogP contribution in [0.1, 0.15) is 51.6 Å². The van der Waals surface area contributed by atoms with Gasteiger partial charge in [0.25, 0.3) is 11.6 Å². The molecule has 146 valence electrons. The number of benzene rings is 1. The molecule has 1 aliphatic rings. The second-order valence-corrected chi connectivity index (χ2v) is 8.49. The number of thiazole rings is 1.